The third-order valence-electron chi connectivity index (χ3n) is 2.49. The van der Waals surface area contributed by atoms with Gasteiger partial charge in [-0.3, -0.25) is 4.79 Å². The minimum absolute atomic E-state index is 0.267. The van der Waals surface area contributed by atoms with Gasteiger partial charge in [0.2, 0.25) is 0 Å². The van der Waals surface area contributed by atoms with E-state index in [9.17, 15) is 4.79 Å². The van der Waals surface area contributed by atoms with Gasteiger partial charge in [-0.2, -0.15) is 0 Å². The molecule has 0 unspecified atom stereocenters. The molecule has 0 fully saturated rings. The Balaban J connectivity index is 2.11. The summed E-state index contributed by atoms with van der Waals surface area (Å²) in [6, 6.07) is 8.95. The fourth-order valence-corrected chi connectivity index (χ4v) is 1.56. The lowest BCUT2D eigenvalue weighted by Gasteiger charge is -2.06. The van der Waals surface area contributed by atoms with Crippen molar-refractivity contribution in [2.24, 2.45) is 0 Å². The Morgan fingerprint density at radius 3 is 2.74 bits per heavy atom. The van der Waals surface area contributed by atoms with Crippen LogP contribution in [0.3, 0.4) is 0 Å². The highest BCUT2D eigenvalue weighted by Crippen LogP contribution is 2.08. The number of amides is 1. The molecule has 1 amide bonds. The Labute approximate surface area is 112 Å². The third kappa shape index (κ3) is 3.51. The van der Waals surface area contributed by atoms with Crippen LogP contribution in [0.15, 0.2) is 36.5 Å². The second-order valence-electron chi connectivity index (χ2n) is 4.11. The minimum atomic E-state index is -0.267. The highest BCUT2D eigenvalue weighted by Gasteiger charge is 2.08. The van der Waals surface area contributed by atoms with Crippen LogP contribution in [0.2, 0.25) is 0 Å². The minimum Gasteiger partial charge on any atom is -0.370 e. The quantitative estimate of drug-likeness (QED) is 0.881. The van der Waals surface area contributed by atoms with Crippen molar-refractivity contribution in [1.29, 1.82) is 0 Å². The maximum absolute atomic E-state index is 12.0. The number of hydrogen-bond donors (Lipinski definition) is 2. The molecular formula is C14H16N4O. The van der Waals surface area contributed by atoms with Gasteiger partial charge in [0, 0.05) is 12.7 Å². The van der Waals surface area contributed by atoms with Crippen molar-refractivity contribution in [3.63, 3.8) is 0 Å². The van der Waals surface area contributed by atoms with Crippen LogP contribution < -0.4 is 10.6 Å². The lowest BCUT2D eigenvalue weighted by molar-refractivity contribution is 0.102. The van der Waals surface area contributed by atoms with Gasteiger partial charge in [0.15, 0.2) is 0 Å². The van der Waals surface area contributed by atoms with Crippen molar-refractivity contribution >= 4 is 17.5 Å². The monoisotopic (exact) mass is 256 g/mol. The standard InChI is InChI=1S/C14H16N4O/c1-3-15-12-6-4-5-11(17-12)14(19)18-13-8-7-10(2)9-16-13/h4-9H,3H2,1-2H3,(H,15,17)(H,16,18,19). The van der Waals surface area contributed by atoms with Crippen molar-refractivity contribution in [2.75, 3.05) is 17.2 Å². The maximum Gasteiger partial charge on any atom is 0.275 e. The first kappa shape index (κ1) is 13.0. The average molecular weight is 256 g/mol. The average Bonchev–Trinajstić information content (AvgIpc) is 2.42. The van der Waals surface area contributed by atoms with Crippen LogP contribution in [0, 0.1) is 6.92 Å². The summed E-state index contributed by atoms with van der Waals surface area (Å²) >= 11 is 0. The summed E-state index contributed by atoms with van der Waals surface area (Å²) in [5.74, 6) is 0.939. The molecule has 5 heteroatoms. The zero-order chi connectivity index (χ0) is 13.7. The third-order valence-corrected chi connectivity index (χ3v) is 2.49. The number of nitrogens with zero attached hydrogens (tertiary/aromatic N) is 2. The fourth-order valence-electron chi connectivity index (χ4n) is 1.56. The van der Waals surface area contributed by atoms with Gasteiger partial charge in [0.25, 0.3) is 5.91 Å². The van der Waals surface area contributed by atoms with Crippen LogP contribution in [0.25, 0.3) is 0 Å². The van der Waals surface area contributed by atoms with Gasteiger partial charge in [-0.15, -0.1) is 0 Å². The highest BCUT2D eigenvalue weighted by atomic mass is 16.1. The van der Waals surface area contributed by atoms with E-state index in [1.54, 1.807) is 24.4 Å². The molecule has 0 bridgehead atoms. The topological polar surface area (TPSA) is 66.9 Å². The van der Waals surface area contributed by atoms with E-state index >= 15 is 0 Å². The van der Waals surface area contributed by atoms with E-state index in [-0.39, 0.29) is 5.91 Å². The van der Waals surface area contributed by atoms with E-state index in [2.05, 4.69) is 20.6 Å². The van der Waals surface area contributed by atoms with E-state index in [0.717, 1.165) is 12.1 Å². The van der Waals surface area contributed by atoms with Gasteiger partial charge in [-0.05, 0) is 37.6 Å². The molecule has 2 heterocycles. The first-order valence-corrected chi connectivity index (χ1v) is 6.14. The largest absolute Gasteiger partial charge is 0.370 e. The van der Waals surface area contributed by atoms with E-state index in [1.165, 1.54) is 0 Å². The smallest absolute Gasteiger partial charge is 0.275 e. The zero-order valence-electron chi connectivity index (χ0n) is 11.0. The molecule has 0 aromatic carbocycles. The predicted octanol–water partition coefficient (Wildman–Crippen LogP) is 2.47. The molecule has 0 aliphatic rings. The summed E-state index contributed by atoms with van der Waals surface area (Å²) in [5, 5.41) is 5.78. The van der Waals surface area contributed by atoms with Gasteiger partial charge < -0.3 is 10.6 Å². The summed E-state index contributed by atoms with van der Waals surface area (Å²) in [4.78, 5) is 20.4. The van der Waals surface area contributed by atoms with Crippen LogP contribution in [-0.4, -0.2) is 22.4 Å². The lowest BCUT2D eigenvalue weighted by Crippen LogP contribution is -2.15. The molecule has 0 aliphatic heterocycles. The number of anilines is 2. The molecule has 0 saturated carbocycles. The van der Waals surface area contributed by atoms with Crippen molar-refractivity contribution in [3.05, 3.63) is 47.8 Å². The summed E-state index contributed by atoms with van der Waals surface area (Å²) < 4.78 is 0. The molecule has 2 aromatic heterocycles. The van der Waals surface area contributed by atoms with Crippen molar-refractivity contribution in [1.82, 2.24) is 9.97 Å². The normalized spacial score (nSPS) is 10.0. The van der Waals surface area contributed by atoms with Gasteiger partial charge >= 0.3 is 0 Å². The van der Waals surface area contributed by atoms with E-state index < -0.39 is 0 Å². The second kappa shape index (κ2) is 5.95. The van der Waals surface area contributed by atoms with Crippen LogP contribution in [0.4, 0.5) is 11.6 Å². The van der Waals surface area contributed by atoms with Gasteiger partial charge in [-0.1, -0.05) is 12.1 Å². The molecule has 5 nitrogen and oxygen atoms in total. The van der Waals surface area contributed by atoms with Gasteiger partial charge in [0.05, 0.1) is 0 Å². The predicted molar refractivity (Wildman–Crippen MR) is 75.3 cm³/mol. The van der Waals surface area contributed by atoms with Crippen molar-refractivity contribution in [3.8, 4) is 0 Å². The van der Waals surface area contributed by atoms with Crippen LogP contribution in [-0.2, 0) is 0 Å². The van der Waals surface area contributed by atoms with E-state index in [4.69, 9.17) is 0 Å². The Morgan fingerprint density at radius 2 is 2.05 bits per heavy atom. The van der Waals surface area contributed by atoms with Crippen LogP contribution >= 0.6 is 0 Å². The number of carbonyl (C=O) groups excluding carboxylic acids is 1. The van der Waals surface area contributed by atoms with Crippen molar-refractivity contribution in [2.45, 2.75) is 13.8 Å². The molecule has 0 radical (unpaired) electrons. The molecule has 0 saturated heterocycles. The molecule has 2 N–H and O–H groups in total. The summed E-state index contributed by atoms with van der Waals surface area (Å²) in [7, 11) is 0. The number of rotatable bonds is 4. The van der Waals surface area contributed by atoms with Gasteiger partial charge in [-0.25, -0.2) is 9.97 Å². The molecular weight excluding hydrogens is 240 g/mol. The Kier molecular flexibility index (Phi) is 4.07. The Bertz CT molecular complexity index is 566. The molecule has 98 valence electrons. The molecule has 2 aromatic rings. The number of aromatic nitrogens is 2. The summed E-state index contributed by atoms with van der Waals surface area (Å²) in [6.07, 6.45) is 1.71. The lowest BCUT2D eigenvalue weighted by atomic mass is 10.3. The Hall–Kier alpha value is -2.43. The molecule has 2 rings (SSSR count). The highest BCUT2D eigenvalue weighted by molar-refractivity contribution is 6.02. The SMILES string of the molecule is CCNc1cccc(C(=O)Nc2ccc(C)cn2)n1. The molecule has 0 spiro atoms. The number of aryl methyl sites for hydroxylation is 1. The molecule has 0 aliphatic carbocycles. The molecule has 19 heavy (non-hydrogen) atoms. The number of hydrogen-bond acceptors (Lipinski definition) is 4. The Morgan fingerprint density at radius 1 is 1.21 bits per heavy atom. The second-order valence-corrected chi connectivity index (χ2v) is 4.11. The molecule has 0 atom stereocenters. The van der Waals surface area contributed by atoms with Crippen LogP contribution in [0.1, 0.15) is 23.0 Å². The first-order valence-electron chi connectivity index (χ1n) is 6.14. The van der Waals surface area contributed by atoms with Gasteiger partial charge in [0.1, 0.15) is 17.3 Å². The number of carbonyl (C=O) groups is 1. The van der Waals surface area contributed by atoms with Crippen molar-refractivity contribution < 1.29 is 4.79 Å². The van der Waals surface area contributed by atoms with E-state index in [1.807, 2.05) is 26.0 Å². The summed E-state index contributed by atoms with van der Waals surface area (Å²) in [6.45, 7) is 4.68. The fraction of sp³-hybridized carbons (Fsp3) is 0.214. The number of pyridine rings is 2. The number of nitrogens with one attached hydrogen (secondary N) is 2. The summed E-state index contributed by atoms with van der Waals surface area (Å²) in [5.41, 5.74) is 1.41. The van der Waals surface area contributed by atoms with E-state index in [0.29, 0.717) is 17.3 Å². The maximum atomic E-state index is 12.0. The first-order chi connectivity index (χ1) is 9.19. The van der Waals surface area contributed by atoms with Crippen LogP contribution in [0.5, 0.6) is 0 Å². The zero-order valence-corrected chi connectivity index (χ0v) is 11.0.